The lowest BCUT2D eigenvalue weighted by atomic mass is 10.1. The number of furan rings is 1. The number of hydrogen-bond donors (Lipinski definition) is 1. The fraction of sp³-hybridized carbons (Fsp3) is 0.500. The summed E-state index contributed by atoms with van der Waals surface area (Å²) in [6, 6.07) is 2.07. The lowest BCUT2D eigenvalue weighted by molar-refractivity contribution is 0.470. The van der Waals surface area contributed by atoms with Crippen molar-refractivity contribution < 1.29 is 4.42 Å². The average Bonchev–Trinajstić information content (AvgIpc) is 2.17. The Morgan fingerprint density at radius 2 is 2.45 bits per heavy atom. The maximum atomic E-state index is 5.44. The molecule has 0 saturated heterocycles. The Morgan fingerprint density at radius 1 is 1.55 bits per heavy atom. The average molecular weight is 216 g/mol. The van der Waals surface area contributed by atoms with E-state index in [1.807, 2.05) is 0 Å². The molecule has 1 aromatic rings. The Bertz CT molecular complexity index is 233. The van der Waals surface area contributed by atoms with Crippen molar-refractivity contribution in [3.63, 3.8) is 0 Å². The molecule has 1 N–H and O–H groups in total. The van der Waals surface area contributed by atoms with Gasteiger partial charge in [0.1, 0.15) is 5.76 Å². The number of rotatable bonds is 0. The van der Waals surface area contributed by atoms with Crippen LogP contribution in [0.15, 0.2) is 15.2 Å². The second kappa shape index (κ2) is 2.99. The van der Waals surface area contributed by atoms with E-state index in [0.717, 1.165) is 29.9 Å². The van der Waals surface area contributed by atoms with Gasteiger partial charge in [0.15, 0.2) is 4.67 Å². The molecule has 0 saturated carbocycles. The van der Waals surface area contributed by atoms with E-state index in [4.69, 9.17) is 4.42 Å². The van der Waals surface area contributed by atoms with Crippen molar-refractivity contribution >= 4 is 15.9 Å². The predicted octanol–water partition coefficient (Wildman–Crippen LogP) is 2.08. The minimum absolute atomic E-state index is 0.853. The SMILES string of the molecule is Brc1cc2c(o1)CNCCC2. The molecule has 60 valence electrons. The van der Waals surface area contributed by atoms with Gasteiger partial charge in [-0.1, -0.05) is 0 Å². The molecule has 0 atom stereocenters. The summed E-state index contributed by atoms with van der Waals surface area (Å²) in [5, 5.41) is 3.30. The summed E-state index contributed by atoms with van der Waals surface area (Å²) in [6.45, 7) is 1.97. The third kappa shape index (κ3) is 1.49. The van der Waals surface area contributed by atoms with Gasteiger partial charge in [0.25, 0.3) is 0 Å². The molecular weight excluding hydrogens is 206 g/mol. The Hall–Kier alpha value is -0.280. The minimum atomic E-state index is 0.853. The lowest BCUT2D eigenvalue weighted by Crippen LogP contribution is -2.11. The van der Waals surface area contributed by atoms with Crippen molar-refractivity contribution in [3.05, 3.63) is 22.1 Å². The van der Waals surface area contributed by atoms with Crippen LogP contribution in [-0.4, -0.2) is 6.54 Å². The van der Waals surface area contributed by atoms with E-state index >= 15 is 0 Å². The van der Waals surface area contributed by atoms with Crippen LogP contribution in [0.1, 0.15) is 17.7 Å². The number of fused-ring (bicyclic) bond motifs is 1. The number of hydrogen-bond acceptors (Lipinski definition) is 2. The molecule has 3 heteroatoms. The molecule has 0 unspecified atom stereocenters. The number of halogens is 1. The Morgan fingerprint density at radius 3 is 3.36 bits per heavy atom. The molecule has 0 spiro atoms. The molecule has 0 amide bonds. The Balaban J connectivity index is 2.32. The molecule has 11 heavy (non-hydrogen) atoms. The van der Waals surface area contributed by atoms with Crippen molar-refractivity contribution in [2.24, 2.45) is 0 Å². The van der Waals surface area contributed by atoms with Crippen molar-refractivity contribution in [3.8, 4) is 0 Å². The molecular formula is C8H10BrNO. The van der Waals surface area contributed by atoms with Crippen molar-refractivity contribution in [2.45, 2.75) is 19.4 Å². The summed E-state index contributed by atoms with van der Waals surface area (Å²) in [5.41, 5.74) is 1.35. The number of nitrogens with one attached hydrogen (secondary N) is 1. The fourth-order valence-electron chi connectivity index (χ4n) is 1.40. The highest BCUT2D eigenvalue weighted by atomic mass is 79.9. The van der Waals surface area contributed by atoms with E-state index in [1.165, 1.54) is 12.0 Å². The molecule has 0 aromatic carbocycles. The van der Waals surface area contributed by atoms with Gasteiger partial charge in [0.05, 0.1) is 6.54 Å². The molecule has 0 aliphatic carbocycles. The van der Waals surface area contributed by atoms with Gasteiger partial charge in [0, 0.05) is 0 Å². The molecule has 2 nitrogen and oxygen atoms in total. The Labute approximate surface area is 74.1 Å². The lowest BCUT2D eigenvalue weighted by Gasteiger charge is -1.94. The van der Waals surface area contributed by atoms with Gasteiger partial charge in [-0.05, 0) is 46.9 Å². The molecule has 1 aliphatic rings. The van der Waals surface area contributed by atoms with Crippen LogP contribution in [0.4, 0.5) is 0 Å². The third-order valence-electron chi connectivity index (χ3n) is 1.95. The normalized spacial score (nSPS) is 17.5. The molecule has 2 rings (SSSR count). The second-order valence-corrected chi connectivity index (χ2v) is 3.56. The molecule has 0 bridgehead atoms. The van der Waals surface area contributed by atoms with Crippen LogP contribution < -0.4 is 5.32 Å². The van der Waals surface area contributed by atoms with E-state index < -0.39 is 0 Å². The highest BCUT2D eigenvalue weighted by Crippen LogP contribution is 2.22. The summed E-state index contributed by atoms with van der Waals surface area (Å²) in [7, 11) is 0. The molecule has 2 heterocycles. The first kappa shape index (κ1) is 7.37. The Kier molecular flexibility index (Phi) is 2.00. The smallest absolute Gasteiger partial charge is 0.169 e. The quantitative estimate of drug-likeness (QED) is 0.718. The monoisotopic (exact) mass is 215 g/mol. The van der Waals surface area contributed by atoms with Gasteiger partial charge in [-0.25, -0.2) is 0 Å². The summed E-state index contributed by atoms with van der Waals surface area (Å²) < 4.78 is 6.29. The summed E-state index contributed by atoms with van der Waals surface area (Å²) in [6.07, 6.45) is 2.34. The van der Waals surface area contributed by atoms with Crippen LogP contribution >= 0.6 is 15.9 Å². The zero-order valence-electron chi connectivity index (χ0n) is 6.19. The molecule has 0 radical (unpaired) electrons. The standard InChI is InChI=1S/C8H10BrNO/c9-8-4-6-2-1-3-10-5-7(6)11-8/h4,10H,1-3,5H2. The van der Waals surface area contributed by atoms with E-state index in [-0.39, 0.29) is 0 Å². The van der Waals surface area contributed by atoms with Gasteiger partial charge in [-0.2, -0.15) is 0 Å². The first-order valence-electron chi connectivity index (χ1n) is 3.84. The fourth-order valence-corrected chi connectivity index (χ4v) is 1.87. The van der Waals surface area contributed by atoms with E-state index in [1.54, 1.807) is 0 Å². The topological polar surface area (TPSA) is 25.2 Å². The zero-order chi connectivity index (χ0) is 7.68. The van der Waals surface area contributed by atoms with E-state index in [2.05, 4.69) is 27.3 Å². The van der Waals surface area contributed by atoms with E-state index in [0.29, 0.717) is 0 Å². The van der Waals surface area contributed by atoms with Crippen LogP contribution in [-0.2, 0) is 13.0 Å². The third-order valence-corrected chi connectivity index (χ3v) is 2.34. The molecule has 1 aliphatic heterocycles. The largest absolute Gasteiger partial charge is 0.453 e. The van der Waals surface area contributed by atoms with Crippen LogP contribution in [0, 0.1) is 0 Å². The molecule has 1 aromatic heterocycles. The highest BCUT2D eigenvalue weighted by molar-refractivity contribution is 9.10. The van der Waals surface area contributed by atoms with Gasteiger partial charge >= 0.3 is 0 Å². The van der Waals surface area contributed by atoms with Crippen molar-refractivity contribution in [2.75, 3.05) is 6.54 Å². The number of aryl methyl sites for hydroxylation is 1. The minimum Gasteiger partial charge on any atom is -0.453 e. The summed E-state index contributed by atoms with van der Waals surface area (Å²) in [4.78, 5) is 0. The maximum absolute atomic E-state index is 5.44. The van der Waals surface area contributed by atoms with Gasteiger partial charge in [0.2, 0.25) is 0 Å². The van der Waals surface area contributed by atoms with Crippen LogP contribution in [0.2, 0.25) is 0 Å². The first-order valence-corrected chi connectivity index (χ1v) is 4.63. The summed E-state index contributed by atoms with van der Waals surface area (Å²) in [5.74, 6) is 1.09. The zero-order valence-corrected chi connectivity index (χ0v) is 7.78. The first-order chi connectivity index (χ1) is 5.36. The van der Waals surface area contributed by atoms with Crippen molar-refractivity contribution in [1.29, 1.82) is 0 Å². The van der Waals surface area contributed by atoms with E-state index in [9.17, 15) is 0 Å². The highest BCUT2D eigenvalue weighted by Gasteiger charge is 2.11. The van der Waals surface area contributed by atoms with Crippen LogP contribution in [0.25, 0.3) is 0 Å². The second-order valence-electron chi connectivity index (χ2n) is 2.78. The van der Waals surface area contributed by atoms with Crippen LogP contribution in [0.3, 0.4) is 0 Å². The van der Waals surface area contributed by atoms with Crippen LogP contribution in [0.5, 0.6) is 0 Å². The van der Waals surface area contributed by atoms with Crippen molar-refractivity contribution in [1.82, 2.24) is 5.32 Å². The predicted molar refractivity (Wildman–Crippen MR) is 46.4 cm³/mol. The summed E-state index contributed by atoms with van der Waals surface area (Å²) >= 11 is 3.32. The van der Waals surface area contributed by atoms with Gasteiger partial charge in [-0.3, -0.25) is 0 Å². The van der Waals surface area contributed by atoms with Gasteiger partial charge in [-0.15, -0.1) is 0 Å². The molecule has 0 fully saturated rings. The van der Waals surface area contributed by atoms with Gasteiger partial charge < -0.3 is 9.73 Å². The maximum Gasteiger partial charge on any atom is 0.169 e.